The van der Waals surface area contributed by atoms with Crippen molar-refractivity contribution in [3.05, 3.63) is 33.7 Å². The molecule has 0 unspecified atom stereocenters. The van der Waals surface area contributed by atoms with Crippen molar-refractivity contribution in [1.82, 2.24) is 4.98 Å². The van der Waals surface area contributed by atoms with Crippen molar-refractivity contribution in [2.45, 2.75) is 12.3 Å². The van der Waals surface area contributed by atoms with Gasteiger partial charge in [0.2, 0.25) is 0 Å². The van der Waals surface area contributed by atoms with Gasteiger partial charge in [-0.15, -0.1) is 11.6 Å². The third-order valence-corrected chi connectivity index (χ3v) is 1.59. The van der Waals surface area contributed by atoms with Crippen LogP contribution >= 0.6 is 11.6 Å². The second-order valence-corrected chi connectivity index (χ2v) is 2.50. The Hall–Kier alpha value is -0.900. The fourth-order valence-electron chi connectivity index (χ4n) is 0.814. The number of pyridine rings is 1. The van der Waals surface area contributed by atoms with Crippen molar-refractivity contribution >= 4 is 11.6 Å². The Labute approximate surface area is 72.2 Å². The number of rotatable bonds is 2. The summed E-state index contributed by atoms with van der Waals surface area (Å²) in [5, 5.41) is 0. The van der Waals surface area contributed by atoms with Crippen LogP contribution in [0.25, 0.3) is 0 Å². The largest absolute Gasteiger partial charge is 0.356 e. The Morgan fingerprint density at radius 3 is 2.67 bits per heavy atom. The number of hydrogen-bond donors (Lipinski definition) is 1. The van der Waals surface area contributed by atoms with Crippen LogP contribution in [0.1, 0.15) is 17.8 Å². The highest BCUT2D eigenvalue weighted by atomic mass is 35.5. The number of alkyl halides is 3. The fraction of sp³-hybridized carbons (Fsp3) is 0.286. The zero-order chi connectivity index (χ0) is 9.14. The maximum absolute atomic E-state index is 12.1. The Kier molecular flexibility index (Phi) is 2.81. The molecular formula is C7H6ClF2NO. The molecule has 0 aliphatic carbocycles. The molecule has 1 rings (SSSR count). The number of H-pyrrole nitrogens is 1. The fourth-order valence-corrected chi connectivity index (χ4v) is 0.958. The number of halogens is 3. The molecule has 0 saturated heterocycles. The van der Waals surface area contributed by atoms with Crippen molar-refractivity contribution in [3.63, 3.8) is 0 Å². The lowest BCUT2D eigenvalue weighted by Gasteiger charge is -2.01. The van der Waals surface area contributed by atoms with Gasteiger partial charge in [0.05, 0.1) is 11.6 Å². The van der Waals surface area contributed by atoms with Gasteiger partial charge in [0.25, 0.3) is 6.43 Å². The second kappa shape index (κ2) is 3.67. The molecule has 2 nitrogen and oxygen atoms in total. The molecule has 0 saturated carbocycles. The van der Waals surface area contributed by atoms with Gasteiger partial charge in [-0.05, 0) is 0 Å². The van der Waals surface area contributed by atoms with Gasteiger partial charge in [0.15, 0.2) is 5.43 Å². The first kappa shape index (κ1) is 9.19. The predicted octanol–water partition coefficient (Wildman–Crippen LogP) is 2.05. The molecule has 0 bridgehead atoms. The highest BCUT2D eigenvalue weighted by Gasteiger charge is 2.08. The lowest BCUT2D eigenvalue weighted by molar-refractivity contribution is 0.145. The van der Waals surface area contributed by atoms with Crippen LogP contribution in [0, 0.1) is 0 Å². The Morgan fingerprint density at radius 1 is 1.50 bits per heavy atom. The van der Waals surface area contributed by atoms with Crippen LogP contribution in [0.2, 0.25) is 0 Å². The van der Waals surface area contributed by atoms with Gasteiger partial charge in [-0.25, -0.2) is 8.78 Å². The van der Waals surface area contributed by atoms with Gasteiger partial charge in [-0.2, -0.15) is 0 Å². The van der Waals surface area contributed by atoms with E-state index in [1.54, 1.807) is 0 Å². The van der Waals surface area contributed by atoms with Crippen LogP contribution in [-0.4, -0.2) is 4.98 Å². The molecule has 1 aromatic heterocycles. The highest BCUT2D eigenvalue weighted by molar-refractivity contribution is 6.16. The average molecular weight is 194 g/mol. The molecular weight excluding hydrogens is 188 g/mol. The second-order valence-electron chi connectivity index (χ2n) is 2.23. The summed E-state index contributed by atoms with van der Waals surface area (Å²) in [5.74, 6) is 0.0236. The molecule has 0 fully saturated rings. The van der Waals surface area contributed by atoms with E-state index in [-0.39, 0.29) is 5.88 Å². The van der Waals surface area contributed by atoms with Crippen LogP contribution in [0.3, 0.4) is 0 Å². The zero-order valence-corrected chi connectivity index (χ0v) is 6.74. The summed E-state index contributed by atoms with van der Waals surface area (Å²) in [5.41, 5.74) is -0.544. The maximum Gasteiger partial charge on any atom is 0.278 e. The lowest BCUT2D eigenvalue weighted by Crippen LogP contribution is -2.05. The Bertz CT molecular complexity index is 323. The van der Waals surface area contributed by atoms with Gasteiger partial charge >= 0.3 is 0 Å². The minimum Gasteiger partial charge on any atom is -0.356 e. The first-order valence-corrected chi connectivity index (χ1v) is 3.74. The van der Waals surface area contributed by atoms with E-state index in [9.17, 15) is 13.6 Å². The van der Waals surface area contributed by atoms with Gasteiger partial charge in [-0.1, -0.05) is 0 Å². The molecule has 5 heteroatoms. The van der Waals surface area contributed by atoms with E-state index in [0.717, 1.165) is 6.07 Å². The summed E-state index contributed by atoms with van der Waals surface area (Å²) in [6.45, 7) is 0. The summed E-state index contributed by atoms with van der Waals surface area (Å²) >= 11 is 5.36. The van der Waals surface area contributed by atoms with Crippen molar-refractivity contribution < 1.29 is 8.78 Å². The van der Waals surface area contributed by atoms with Crippen molar-refractivity contribution in [1.29, 1.82) is 0 Å². The lowest BCUT2D eigenvalue weighted by atomic mass is 10.3. The molecule has 0 aliphatic rings. The predicted molar refractivity (Wildman–Crippen MR) is 41.6 cm³/mol. The van der Waals surface area contributed by atoms with Crippen LogP contribution in [0.5, 0.6) is 0 Å². The first-order valence-electron chi connectivity index (χ1n) is 3.20. The molecule has 1 heterocycles. The molecule has 0 atom stereocenters. The standard InChI is InChI=1S/C7H6ClF2NO/c8-3-4-1-5(12)2-6(11-4)7(9)10/h1-2,7H,3H2,(H,11,12). The summed E-state index contributed by atoms with van der Waals surface area (Å²) in [6, 6.07) is 2.06. The summed E-state index contributed by atoms with van der Waals surface area (Å²) in [7, 11) is 0. The monoisotopic (exact) mass is 193 g/mol. The van der Waals surface area contributed by atoms with Gasteiger partial charge in [-0.3, -0.25) is 4.79 Å². The topological polar surface area (TPSA) is 32.9 Å². The van der Waals surface area contributed by atoms with Crippen LogP contribution in [0.15, 0.2) is 16.9 Å². The molecule has 66 valence electrons. The molecule has 1 aromatic rings. The van der Waals surface area contributed by atoms with E-state index in [2.05, 4.69) is 4.98 Å². The number of nitrogens with one attached hydrogen (secondary N) is 1. The SMILES string of the molecule is O=c1cc(CCl)[nH]c(C(F)F)c1. The maximum atomic E-state index is 12.1. The normalized spacial score (nSPS) is 10.7. The van der Waals surface area contributed by atoms with Crippen LogP contribution in [-0.2, 0) is 5.88 Å². The molecule has 0 radical (unpaired) electrons. The number of aromatic nitrogens is 1. The van der Waals surface area contributed by atoms with Crippen molar-refractivity contribution in [2.24, 2.45) is 0 Å². The molecule has 1 N–H and O–H groups in total. The third-order valence-electron chi connectivity index (χ3n) is 1.30. The third kappa shape index (κ3) is 2.04. The quantitative estimate of drug-likeness (QED) is 0.717. The number of hydrogen-bond acceptors (Lipinski definition) is 1. The molecule has 0 aliphatic heterocycles. The van der Waals surface area contributed by atoms with Gasteiger partial charge < -0.3 is 4.98 Å². The van der Waals surface area contributed by atoms with E-state index < -0.39 is 17.5 Å². The summed E-state index contributed by atoms with van der Waals surface area (Å²) in [4.78, 5) is 13.1. The molecule has 0 spiro atoms. The van der Waals surface area contributed by atoms with Crippen LogP contribution < -0.4 is 5.43 Å². The van der Waals surface area contributed by atoms with E-state index >= 15 is 0 Å². The summed E-state index contributed by atoms with van der Waals surface area (Å²) < 4.78 is 24.1. The van der Waals surface area contributed by atoms with Crippen molar-refractivity contribution in [2.75, 3.05) is 0 Å². The minimum atomic E-state index is -2.67. The Morgan fingerprint density at radius 2 is 2.17 bits per heavy atom. The summed E-state index contributed by atoms with van der Waals surface area (Å²) in [6.07, 6.45) is -2.67. The van der Waals surface area contributed by atoms with E-state index in [4.69, 9.17) is 11.6 Å². The zero-order valence-electron chi connectivity index (χ0n) is 5.98. The molecule has 12 heavy (non-hydrogen) atoms. The molecule has 0 aromatic carbocycles. The average Bonchev–Trinajstić information content (AvgIpc) is 2.03. The first-order chi connectivity index (χ1) is 5.63. The van der Waals surface area contributed by atoms with E-state index in [1.165, 1.54) is 6.07 Å². The minimum absolute atomic E-state index is 0.0236. The Balaban J connectivity index is 3.15. The van der Waals surface area contributed by atoms with E-state index in [1.807, 2.05) is 0 Å². The van der Waals surface area contributed by atoms with Crippen molar-refractivity contribution in [3.8, 4) is 0 Å². The van der Waals surface area contributed by atoms with E-state index in [0.29, 0.717) is 5.69 Å². The highest BCUT2D eigenvalue weighted by Crippen LogP contribution is 2.14. The van der Waals surface area contributed by atoms with Gasteiger partial charge in [0, 0.05) is 17.8 Å². The van der Waals surface area contributed by atoms with Crippen LogP contribution in [0.4, 0.5) is 8.78 Å². The van der Waals surface area contributed by atoms with Gasteiger partial charge in [0.1, 0.15) is 0 Å². The smallest absolute Gasteiger partial charge is 0.278 e. The molecule has 0 amide bonds. The number of aromatic amines is 1.